The predicted octanol–water partition coefficient (Wildman–Crippen LogP) is 2.85. The van der Waals surface area contributed by atoms with Gasteiger partial charge in [-0.25, -0.2) is 9.37 Å². The van der Waals surface area contributed by atoms with E-state index < -0.39 is 0 Å². The normalized spacial score (nSPS) is 10.5. The maximum atomic E-state index is 13.0. The lowest BCUT2D eigenvalue weighted by Crippen LogP contribution is -2.36. The summed E-state index contributed by atoms with van der Waals surface area (Å²) >= 11 is 0. The first-order valence-corrected chi connectivity index (χ1v) is 8.88. The molecule has 0 aliphatic carbocycles. The number of halogens is 1. The Morgan fingerprint density at radius 2 is 1.71 bits per heavy atom. The molecule has 0 atom stereocenters. The Labute approximate surface area is 161 Å². The zero-order valence-electron chi connectivity index (χ0n) is 15.2. The van der Waals surface area contributed by atoms with Crippen molar-refractivity contribution in [2.75, 3.05) is 6.54 Å². The van der Waals surface area contributed by atoms with Gasteiger partial charge in [-0.3, -0.25) is 9.59 Å². The van der Waals surface area contributed by atoms with E-state index in [0.717, 1.165) is 5.56 Å². The summed E-state index contributed by atoms with van der Waals surface area (Å²) in [5, 5.41) is 5.31. The topological polar surface area (TPSA) is 84.2 Å². The Morgan fingerprint density at radius 1 is 0.964 bits per heavy atom. The third-order valence-electron chi connectivity index (χ3n) is 4.03. The Morgan fingerprint density at radius 3 is 2.46 bits per heavy atom. The van der Waals surface area contributed by atoms with Gasteiger partial charge in [0.2, 0.25) is 11.8 Å². The molecule has 3 rings (SSSR count). The number of nitrogens with zero attached hydrogens (tertiary/aromatic N) is 1. The van der Waals surface area contributed by atoms with E-state index in [9.17, 15) is 14.0 Å². The van der Waals surface area contributed by atoms with E-state index in [-0.39, 0.29) is 30.6 Å². The van der Waals surface area contributed by atoms with Crippen LogP contribution in [0.4, 0.5) is 4.39 Å². The lowest BCUT2D eigenvalue weighted by atomic mass is 10.2. The van der Waals surface area contributed by atoms with E-state index in [1.807, 2.05) is 30.3 Å². The third kappa shape index (κ3) is 5.77. The first kappa shape index (κ1) is 19.3. The quantitative estimate of drug-likeness (QED) is 0.628. The van der Waals surface area contributed by atoms with Crippen molar-refractivity contribution in [1.82, 2.24) is 15.6 Å². The highest BCUT2D eigenvalue weighted by molar-refractivity contribution is 5.84. The average molecular weight is 381 g/mol. The fraction of sp³-hybridized carbons (Fsp3) is 0.190. The van der Waals surface area contributed by atoms with Crippen molar-refractivity contribution in [3.05, 3.63) is 78.1 Å². The molecule has 28 heavy (non-hydrogen) atoms. The number of carbonyl (C=O) groups excluding carboxylic acids is 2. The molecule has 2 N–H and O–H groups in total. The number of carbonyl (C=O) groups is 2. The maximum Gasteiger partial charge on any atom is 0.239 e. The number of hydrogen-bond acceptors (Lipinski definition) is 4. The number of aryl methyl sites for hydroxylation is 1. The zero-order chi connectivity index (χ0) is 19.8. The second-order valence-corrected chi connectivity index (χ2v) is 6.16. The van der Waals surface area contributed by atoms with Gasteiger partial charge in [0.05, 0.1) is 12.7 Å². The molecular formula is C21H20FN3O3. The first-order chi connectivity index (χ1) is 13.6. The van der Waals surface area contributed by atoms with Gasteiger partial charge in [0.1, 0.15) is 5.82 Å². The van der Waals surface area contributed by atoms with Gasteiger partial charge in [0.25, 0.3) is 0 Å². The second kappa shape index (κ2) is 9.45. The van der Waals surface area contributed by atoms with E-state index in [4.69, 9.17) is 4.42 Å². The van der Waals surface area contributed by atoms with Gasteiger partial charge < -0.3 is 15.1 Å². The molecule has 0 spiro atoms. The van der Waals surface area contributed by atoms with Crippen LogP contribution in [0.15, 0.2) is 65.2 Å². The molecule has 2 amide bonds. The van der Waals surface area contributed by atoms with Crippen molar-refractivity contribution in [2.24, 2.45) is 0 Å². The maximum absolute atomic E-state index is 13.0. The van der Waals surface area contributed by atoms with Gasteiger partial charge in [-0.1, -0.05) is 30.3 Å². The van der Waals surface area contributed by atoms with Crippen LogP contribution in [0.5, 0.6) is 0 Å². The van der Waals surface area contributed by atoms with E-state index in [2.05, 4.69) is 15.6 Å². The monoisotopic (exact) mass is 381 g/mol. The molecule has 0 fully saturated rings. The number of amides is 2. The van der Waals surface area contributed by atoms with Crippen LogP contribution in [0.25, 0.3) is 11.3 Å². The van der Waals surface area contributed by atoms with Crippen molar-refractivity contribution >= 4 is 11.8 Å². The summed E-state index contributed by atoms with van der Waals surface area (Å²) in [4.78, 5) is 27.8. The van der Waals surface area contributed by atoms with E-state index in [1.165, 1.54) is 18.3 Å². The molecule has 0 saturated carbocycles. The molecular weight excluding hydrogens is 361 g/mol. The summed E-state index contributed by atoms with van der Waals surface area (Å²) in [7, 11) is 0. The molecule has 0 bridgehead atoms. The summed E-state index contributed by atoms with van der Waals surface area (Å²) < 4.78 is 18.5. The Kier molecular flexibility index (Phi) is 6.51. The van der Waals surface area contributed by atoms with Gasteiger partial charge in [0, 0.05) is 24.9 Å². The molecule has 0 unspecified atom stereocenters. The van der Waals surface area contributed by atoms with Gasteiger partial charge in [-0.15, -0.1) is 0 Å². The molecule has 2 aromatic carbocycles. The SMILES string of the molecule is O=C(CCc1ncc(-c2ccc(F)cc2)o1)NCC(=O)NCc1ccccc1. The summed E-state index contributed by atoms with van der Waals surface area (Å²) in [5.74, 6) is 0.0648. The molecule has 6 nitrogen and oxygen atoms in total. The van der Waals surface area contributed by atoms with Crippen molar-refractivity contribution in [3.8, 4) is 11.3 Å². The molecule has 0 aliphatic heterocycles. The van der Waals surface area contributed by atoms with E-state index in [0.29, 0.717) is 30.2 Å². The number of aromatic nitrogens is 1. The van der Waals surface area contributed by atoms with Crippen LogP contribution in [0, 0.1) is 5.82 Å². The highest BCUT2D eigenvalue weighted by atomic mass is 19.1. The minimum absolute atomic E-state index is 0.0852. The highest BCUT2D eigenvalue weighted by Gasteiger charge is 2.10. The van der Waals surface area contributed by atoms with Crippen LogP contribution >= 0.6 is 0 Å². The second-order valence-electron chi connectivity index (χ2n) is 6.16. The number of hydrogen-bond donors (Lipinski definition) is 2. The van der Waals surface area contributed by atoms with Crippen molar-refractivity contribution in [1.29, 1.82) is 0 Å². The molecule has 0 radical (unpaired) electrons. The molecule has 7 heteroatoms. The number of oxazole rings is 1. The molecule has 0 saturated heterocycles. The summed E-state index contributed by atoms with van der Waals surface area (Å²) in [5.41, 5.74) is 1.70. The lowest BCUT2D eigenvalue weighted by Gasteiger charge is -2.06. The molecule has 0 aliphatic rings. The van der Waals surface area contributed by atoms with E-state index in [1.54, 1.807) is 12.1 Å². The fourth-order valence-corrected chi connectivity index (χ4v) is 2.52. The minimum atomic E-state index is -0.326. The van der Waals surface area contributed by atoms with Crippen molar-refractivity contribution in [2.45, 2.75) is 19.4 Å². The van der Waals surface area contributed by atoms with Crippen LogP contribution < -0.4 is 10.6 Å². The fourth-order valence-electron chi connectivity index (χ4n) is 2.52. The van der Waals surface area contributed by atoms with Crippen molar-refractivity contribution in [3.63, 3.8) is 0 Å². The smallest absolute Gasteiger partial charge is 0.239 e. The number of rotatable bonds is 8. The van der Waals surface area contributed by atoms with Crippen molar-refractivity contribution < 1.29 is 18.4 Å². The van der Waals surface area contributed by atoms with Crippen LogP contribution in [-0.2, 0) is 22.6 Å². The molecule has 144 valence electrons. The minimum Gasteiger partial charge on any atom is -0.441 e. The Balaban J connectivity index is 1.38. The van der Waals surface area contributed by atoms with Gasteiger partial charge in [-0.2, -0.15) is 0 Å². The van der Waals surface area contributed by atoms with Crippen LogP contribution in [0.2, 0.25) is 0 Å². The predicted molar refractivity (Wildman–Crippen MR) is 102 cm³/mol. The van der Waals surface area contributed by atoms with E-state index >= 15 is 0 Å². The number of nitrogens with one attached hydrogen (secondary N) is 2. The van der Waals surface area contributed by atoms with Gasteiger partial charge in [0.15, 0.2) is 11.7 Å². The summed E-state index contributed by atoms with van der Waals surface area (Å²) in [6.45, 7) is 0.329. The summed E-state index contributed by atoms with van der Waals surface area (Å²) in [6.07, 6.45) is 1.99. The van der Waals surface area contributed by atoms with Crippen LogP contribution in [0.3, 0.4) is 0 Å². The van der Waals surface area contributed by atoms with Crippen LogP contribution in [0.1, 0.15) is 17.9 Å². The first-order valence-electron chi connectivity index (χ1n) is 8.88. The Hall–Kier alpha value is -3.48. The van der Waals surface area contributed by atoms with Gasteiger partial charge in [-0.05, 0) is 29.8 Å². The highest BCUT2D eigenvalue weighted by Crippen LogP contribution is 2.21. The third-order valence-corrected chi connectivity index (χ3v) is 4.03. The Bertz CT molecular complexity index is 924. The van der Waals surface area contributed by atoms with Crippen LogP contribution in [-0.4, -0.2) is 23.3 Å². The molecule has 1 heterocycles. The standard InChI is InChI=1S/C21H20FN3O3/c22-17-8-6-16(7-9-17)18-13-25-21(28-18)11-10-19(26)24-14-20(27)23-12-15-4-2-1-3-5-15/h1-9,13H,10-12,14H2,(H,23,27)(H,24,26). The molecule has 3 aromatic rings. The largest absolute Gasteiger partial charge is 0.441 e. The lowest BCUT2D eigenvalue weighted by molar-refractivity contribution is -0.126. The average Bonchev–Trinajstić information content (AvgIpc) is 3.19. The molecule has 1 aromatic heterocycles. The number of benzene rings is 2. The van der Waals surface area contributed by atoms with Gasteiger partial charge >= 0.3 is 0 Å². The summed E-state index contributed by atoms with van der Waals surface area (Å²) in [6, 6.07) is 15.4. The zero-order valence-corrected chi connectivity index (χ0v) is 15.2.